The molecule has 0 unspecified atom stereocenters. The average molecular weight is 488 g/mol. The number of aryl methyl sites for hydroxylation is 2. The summed E-state index contributed by atoms with van der Waals surface area (Å²) in [6.07, 6.45) is -0.929. The SMILES string of the molecule is Cc1ccnc(CCl)c1.Cc1ccnc(COc2ccc(C(F)(F)F)cc2Br)c1. The number of alkyl halides is 4. The van der Waals surface area contributed by atoms with Gasteiger partial charge in [0.1, 0.15) is 12.4 Å². The minimum absolute atomic E-state index is 0.200. The van der Waals surface area contributed by atoms with Gasteiger partial charge in [0.25, 0.3) is 0 Å². The Labute approximate surface area is 181 Å². The number of halogens is 5. The second kappa shape index (κ2) is 10.6. The van der Waals surface area contributed by atoms with Gasteiger partial charge in [0, 0.05) is 12.4 Å². The normalized spacial score (nSPS) is 10.9. The Hall–Kier alpha value is -2.12. The standard InChI is InChI=1S/C14H11BrF3NO.C7H8ClN/c1-9-4-5-19-11(6-9)8-20-13-3-2-10(7-12(13)15)14(16,17)18;1-6-2-3-9-7(4-6)5-8/h2-7H,8H2,1H3;2-4H,5H2,1H3. The van der Waals surface area contributed by atoms with Crippen molar-refractivity contribution in [2.24, 2.45) is 0 Å². The topological polar surface area (TPSA) is 35.0 Å². The predicted molar refractivity (Wildman–Crippen MR) is 111 cm³/mol. The molecule has 0 saturated carbocycles. The molecule has 0 N–H and O–H groups in total. The third-order valence-electron chi connectivity index (χ3n) is 3.72. The van der Waals surface area contributed by atoms with E-state index < -0.39 is 11.7 Å². The Morgan fingerprint density at radius 2 is 1.52 bits per heavy atom. The van der Waals surface area contributed by atoms with E-state index in [-0.39, 0.29) is 11.1 Å². The van der Waals surface area contributed by atoms with Crippen LogP contribution in [0.5, 0.6) is 5.75 Å². The lowest BCUT2D eigenvalue weighted by molar-refractivity contribution is -0.137. The zero-order valence-corrected chi connectivity index (χ0v) is 18.1. The van der Waals surface area contributed by atoms with E-state index in [0.29, 0.717) is 11.6 Å². The van der Waals surface area contributed by atoms with Gasteiger partial charge in [-0.3, -0.25) is 9.97 Å². The van der Waals surface area contributed by atoms with Crippen molar-refractivity contribution >= 4 is 27.5 Å². The van der Waals surface area contributed by atoms with Crippen LogP contribution in [0.1, 0.15) is 28.1 Å². The van der Waals surface area contributed by atoms with Gasteiger partial charge in [-0.05, 0) is 83.4 Å². The smallest absolute Gasteiger partial charge is 0.416 e. The Morgan fingerprint density at radius 1 is 0.931 bits per heavy atom. The van der Waals surface area contributed by atoms with Gasteiger partial charge in [-0.15, -0.1) is 11.6 Å². The molecule has 0 bridgehead atoms. The molecule has 2 aromatic heterocycles. The molecule has 0 fully saturated rings. The summed E-state index contributed by atoms with van der Waals surface area (Å²) >= 11 is 8.62. The van der Waals surface area contributed by atoms with E-state index in [1.54, 1.807) is 12.4 Å². The van der Waals surface area contributed by atoms with E-state index in [4.69, 9.17) is 16.3 Å². The number of nitrogens with zero attached hydrogens (tertiary/aromatic N) is 2. The Balaban J connectivity index is 0.000000278. The number of benzene rings is 1. The molecule has 2 heterocycles. The zero-order valence-electron chi connectivity index (χ0n) is 15.8. The molecule has 8 heteroatoms. The summed E-state index contributed by atoms with van der Waals surface area (Å²) in [6, 6.07) is 10.9. The molecule has 0 saturated heterocycles. The fourth-order valence-corrected chi connectivity index (χ4v) is 2.93. The van der Waals surface area contributed by atoms with Gasteiger partial charge in [-0.2, -0.15) is 13.2 Å². The van der Waals surface area contributed by atoms with E-state index in [1.807, 2.05) is 38.1 Å². The molecule has 3 nitrogen and oxygen atoms in total. The number of hydrogen-bond donors (Lipinski definition) is 0. The first-order valence-electron chi connectivity index (χ1n) is 8.57. The Kier molecular flexibility index (Phi) is 8.46. The summed E-state index contributed by atoms with van der Waals surface area (Å²) in [5.74, 6) is 0.850. The van der Waals surface area contributed by atoms with E-state index in [2.05, 4.69) is 25.9 Å². The van der Waals surface area contributed by atoms with Crippen LogP contribution in [0, 0.1) is 13.8 Å². The van der Waals surface area contributed by atoms with Gasteiger partial charge in [-0.1, -0.05) is 0 Å². The zero-order chi connectivity index (χ0) is 21.4. The lowest BCUT2D eigenvalue weighted by Gasteiger charge is -2.11. The van der Waals surface area contributed by atoms with E-state index in [0.717, 1.165) is 29.1 Å². The van der Waals surface area contributed by atoms with Gasteiger partial charge < -0.3 is 4.74 Å². The average Bonchev–Trinajstić information content (AvgIpc) is 2.67. The van der Waals surface area contributed by atoms with Crippen molar-refractivity contribution in [1.29, 1.82) is 0 Å². The highest BCUT2D eigenvalue weighted by atomic mass is 79.9. The Morgan fingerprint density at radius 3 is 2.00 bits per heavy atom. The summed E-state index contributed by atoms with van der Waals surface area (Å²) in [4.78, 5) is 8.15. The van der Waals surface area contributed by atoms with Crippen LogP contribution in [0.15, 0.2) is 59.3 Å². The van der Waals surface area contributed by atoms with Crippen molar-refractivity contribution in [2.75, 3.05) is 0 Å². The van der Waals surface area contributed by atoms with Gasteiger partial charge in [-0.25, -0.2) is 0 Å². The summed E-state index contributed by atoms with van der Waals surface area (Å²) in [6.45, 7) is 4.16. The lowest BCUT2D eigenvalue weighted by atomic mass is 10.2. The summed E-state index contributed by atoms with van der Waals surface area (Å²) < 4.78 is 43.3. The quantitative estimate of drug-likeness (QED) is 0.376. The molecule has 0 atom stereocenters. The number of pyridine rings is 2. The van der Waals surface area contributed by atoms with Gasteiger partial charge >= 0.3 is 6.18 Å². The molecule has 3 rings (SSSR count). The molecule has 154 valence electrons. The van der Waals surface area contributed by atoms with Crippen LogP contribution in [0.25, 0.3) is 0 Å². The molecule has 0 spiro atoms. The first kappa shape index (κ1) is 23.2. The third-order valence-corrected chi connectivity index (χ3v) is 4.61. The maximum absolute atomic E-state index is 12.5. The maximum atomic E-state index is 12.5. The van der Waals surface area contributed by atoms with Crippen LogP contribution in [-0.2, 0) is 18.7 Å². The van der Waals surface area contributed by atoms with Crippen LogP contribution in [0.4, 0.5) is 13.2 Å². The minimum Gasteiger partial charge on any atom is -0.486 e. The van der Waals surface area contributed by atoms with Crippen LogP contribution in [0.3, 0.4) is 0 Å². The number of aromatic nitrogens is 2. The molecule has 29 heavy (non-hydrogen) atoms. The van der Waals surface area contributed by atoms with E-state index in [9.17, 15) is 13.2 Å². The van der Waals surface area contributed by atoms with Crippen molar-refractivity contribution in [1.82, 2.24) is 9.97 Å². The van der Waals surface area contributed by atoms with E-state index in [1.165, 1.54) is 11.6 Å². The van der Waals surface area contributed by atoms with Gasteiger partial charge in [0.2, 0.25) is 0 Å². The minimum atomic E-state index is -4.36. The summed E-state index contributed by atoms with van der Waals surface area (Å²) in [5, 5.41) is 0. The molecule has 3 aromatic rings. The molecule has 0 aliphatic carbocycles. The van der Waals surface area contributed by atoms with Gasteiger partial charge in [0.15, 0.2) is 0 Å². The molecular formula is C21H19BrClF3N2O. The van der Waals surface area contributed by atoms with Crippen molar-refractivity contribution in [3.05, 3.63) is 87.4 Å². The highest BCUT2D eigenvalue weighted by molar-refractivity contribution is 9.10. The molecule has 0 aliphatic heterocycles. The monoisotopic (exact) mass is 486 g/mol. The lowest BCUT2D eigenvalue weighted by Crippen LogP contribution is -2.05. The molecular weight excluding hydrogens is 469 g/mol. The number of ether oxygens (including phenoxy) is 1. The second-order valence-electron chi connectivity index (χ2n) is 6.21. The van der Waals surface area contributed by atoms with Crippen LogP contribution in [0.2, 0.25) is 0 Å². The van der Waals surface area contributed by atoms with Crippen molar-refractivity contribution in [3.8, 4) is 5.75 Å². The fourth-order valence-electron chi connectivity index (χ4n) is 2.30. The van der Waals surface area contributed by atoms with Crippen molar-refractivity contribution < 1.29 is 17.9 Å². The summed E-state index contributed by atoms with van der Waals surface area (Å²) in [7, 11) is 0. The van der Waals surface area contributed by atoms with Crippen LogP contribution in [-0.4, -0.2) is 9.97 Å². The number of hydrogen-bond acceptors (Lipinski definition) is 3. The first-order valence-corrected chi connectivity index (χ1v) is 9.90. The van der Waals surface area contributed by atoms with Crippen molar-refractivity contribution in [2.45, 2.75) is 32.5 Å². The Bertz CT molecular complexity index is 951. The highest BCUT2D eigenvalue weighted by Gasteiger charge is 2.30. The van der Waals surface area contributed by atoms with Crippen LogP contribution >= 0.6 is 27.5 Å². The molecule has 1 aromatic carbocycles. The van der Waals surface area contributed by atoms with Crippen LogP contribution < -0.4 is 4.74 Å². The fraction of sp³-hybridized carbons (Fsp3) is 0.238. The van der Waals surface area contributed by atoms with E-state index >= 15 is 0 Å². The molecule has 0 radical (unpaired) electrons. The third kappa shape index (κ3) is 7.66. The highest BCUT2D eigenvalue weighted by Crippen LogP contribution is 2.35. The molecule has 0 aliphatic rings. The summed E-state index contributed by atoms with van der Waals surface area (Å²) in [5.41, 5.74) is 3.20. The second-order valence-corrected chi connectivity index (χ2v) is 7.34. The largest absolute Gasteiger partial charge is 0.486 e. The molecule has 0 amide bonds. The number of rotatable bonds is 4. The van der Waals surface area contributed by atoms with Crippen molar-refractivity contribution in [3.63, 3.8) is 0 Å². The van der Waals surface area contributed by atoms with Gasteiger partial charge in [0.05, 0.1) is 27.3 Å². The predicted octanol–water partition coefficient (Wildman–Crippen LogP) is 6.88. The maximum Gasteiger partial charge on any atom is 0.416 e. The first-order chi connectivity index (χ1) is 13.7.